The summed E-state index contributed by atoms with van der Waals surface area (Å²) in [5.74, 6) is 0.452. The third-order valence-electron chi connectivity index (χ3n) is 4.05. The van der Waals surface area contributed by atoms with E-state index in [9.17, 15) is 4.79 Å². The van der Waals surface area contributed by atoms with E-state index >= 15 is 0 Å². The maximum absolute atomic E-state index is 12.5. The molecule has 4 heteroatoms. The normalized spacial score (nSPS) is 18.0. The highest BCUT2D eigenvalue weighted by Gasteiger charge is 2.39. The minimum Gasteiger partial charge on any atom is -0.368 e. The first-order valence-electron chi connectivity index (χ1n) is 7.25. The molecule has 1 aliphatic rings. The highest BCUT2D eigenvalue weighted by molar-refractivity contribution is 5.97. The molecule has 0 atom stereocenters. The zero-order valence-corrected chi connectivity index (χ0v) is 12.5. The Hall–Kier alpha value is -1.39. The van der Waals surface area contributed by atoms with Crippen molar-refractivity contribution in [3.05, 3.63) is 29.8 Å². The van der Waals surface area contributed by atoms with Crippen LogP contribution in [0.4, 0.5) is 5.69 Å². The first-order valence-corrected chi connectivity index (χ1v) is 7.25. The van der Waals surface area contributed by atoms with E-state index in [0.717, 1.165) is 18.8 Å². The van der Waals surface area contributed by atoms with Crippen molar-refractivity contribution in [1.82, 2.24) is 5.32 Å². The SMILES string of the molecule is COC1(C(=O)Nc2ccc(C(C)C)cc2)CCNCC1. The lowest BCUT2D eigenvalue weighted by Crippen LogP contribution is -2.51. The van der Waals surface area contributed by atoms with Gasteiger partial charge in [0.25, 0.3) is 5.91 Å². The molecule has 0 unspecified atom stereocenters. The first-order chi connectivity index (χ1) is 9.57. The van der Waals surface area contributed by atoms with Crippen LogP contribution < -0.4 is 10.6 Å². The molecule has 0 aromatic heterocycles. The van der Waals surface area contributed by atoms with Crippen molar-refractivity contribution < 1.29 is 9.53 Å². The van der Waals surface area contributed by atoms with Crippen LogP contribution >= 0.6 is 0 Å². The van der Waals surface area contributed by atoms with Gasteiger partial charge in [-0.3, -0.25) is 4.79 Å². The average molecular weight is 276 g/mol. The molecule has 1 heterocycles. The monoisotopic (exact) mass is 276 g/mol. The molecule has 0 saturated carbocycles. The summed E-state index contributed by atoms with van der Waals surface area (Å²) in [5, 5.41) is 6.23. The number of hydrogen-bond donors (Lipinski definition) is 2. The minimum atomic E-state index is -0.692. The summed E-state index contributed by atoms with van der Waals surface area (Å²) in [5.41, 5.74) is 1.41. The van der Waals surface area contributed by atoms with Gasteiger partial charge in [-0.1, -0.05) is 26.0 Å². The van der Waals surface area contributed by atoms with Gasteiger partial charge in [0.1, 0.15) is 5.60 Å². The summed E-state index contributed by atoms with van der Waals surface area (Å²) in [6.07, 6.45) is 1.42. The molecule has 1 amide bonds. The second kappa shape index (κ2) is 6.37. The number of carbonyl (C=O) groups excluding carboxylic acids is 1. The van der Waals surface area contributed by atoms with E-state index in [1.54, 1.807) is 7.11 Å². The van der Waals surface area contributed by atoms with Gasteiger partial charge in [0.2, 0.25) is 0 Å². The molecule has 0 bridgehead atoms. The van der Waals surface area contributed by atoms with E-state index in [1.165, 1.54) is 5.56 Å². The number of benzene rings is 1. The summed E-state index contributed by atoms with van der Waals surface area (Å²) in [6, 6.07) is 8.03. The van der Waals surface area contributed by atoms with Crippen molar-refractivity contribution in [3.63, 3.8) is 0 Å². The molecule has 1 aromatic carbocycles. The molecule has 2 N–H and O–H groups in total. The van der Waals surface area contributed by atoms with Crippen LogP contribution in [-0.4, -0.2) is 31.7 Å². The van der Waals surface area contributed by atoms with Crippen LogP contribution in [0.5, 0.6) is 0 Å². The van der Waals surface area contributed by atoms with Gasteiger partial charge in [-0.2, -0.15) is 0 Å². The number of amides is 1. The predicted octanol–water partition coefficient (Wildman–Crippen LogP) is 2.52. The number of rotatable bonds is 4. The van der Waals surface area contributed by atoms with Crippen molar-refractivity contribution in [2.75, 3.05) is 25.5 Å². The number of ether oxygens (including phenoxy) is 1. The summed E-state index contributed by atoms with van der Waals surface area (Å²) in [4.78, 5) is 12.5. The van der Waals surface area contributed by atoms with Crippen molar-refractivity contribution >= 4 is 11.6 Å². The fourth-order valence-corrected chi connectivity index (χ4v) is 2.55. The van der Waals surface area contributed by atoms with E-state index < -0.39 is 5.60 Å². The second-order valence-corrected chi connectivity index (χ2v) is 5.68. The predicted molar refractivity (Wildman–Crippen MR) is 81.0 cm³/mol. The van der Waals surface area contributed by atoms with Gasteiger partial charge in [-0.15, -0.1) is 0 Å². The highest BCUT2D eigenvalue weighted by atomic mass is 16.5. The number of carbonyl (C=O) groups is 1. The van der Waals surface area contributed by atoms with Gasteiger partial charge in [-0.05, 0) is 49.5 Å². The molecule has 1 aromatic rings. The van der Waals surface area contributed by atoms with Crippen LogP contribution in [-0.2, 0) is 9.53 Å². The van der Waals surface area contributed by atoms with Crippen LogP contribution in [0, 0.1) is 0 Å². The molecule has 2 rings (SSSR count). The summed E-state index contributed by atoms with van der Waals surface area (Å²) in [6.45, 7) is 5.94. The molecular weight excluding hydrogens is 252 g/mol. The fraction of sp³-hybridized carbons (Fsp3) is 0.562. The highest BCUT2D eigenvalue weighted by Crippen LogP contribution is 2.25. The molecule has 110 valence electrons. The Morgan fingerprint density at radius 3 is 2.35 bits per heavy atom. The van der Waals surface area contributed by atoms with Crippen molar-refractivity contribution in [2.45, 2.75) is 38.2 Å². The number of hydrogen-bond acceptors (Lipinski definition) is 3. The Bertz CT molecular complexity index is 448. The van der Waals surface area contributed by atoms with Gasteiger partial charge in [-0.25, -0.2) is 0 Å². The Balaban J connectivity index is 2.06. The zero-order chi connectivity index (χ0) is 14.6. The maximum atomic E-state index is 12.5. The standard InChI is InChI=1S/C16H24N2O2/c1-12(2)13-4-6-14(7-5-13)18-15(19)16(20-3)8-10-17-11-9-16/h4-7,12,17H,8-11H2,1-3H3,(H,18,19). The quantitative estimate of drug-likeness (QED) is 0.888. The second-order valence-electron chi connectivity index (χ2n) is 5.68. The Morgan fingerprint density at radius 2 is 1.85 bits per heavy atom. The molecule has 1 saturated heterocycles. The topological polar surface area (TPSA) is 50.4 Å². The number of anilines is 1. The van der Waals surface area contributed by atoms with Gasteiger partial charge >= 0.3 is 0 Å². The third-order valence-corrected chi connectivity index (χ3v) is 4.05. The average Bonchev–Trinajstić information content (AvgIpc) is 2.48. The largest absolute Gasteiger partial charge is 0.368 e. The van der Waals surface area contributed by atoms with Crippen LogP contribution in [0.3, 0.4) is 0 Å². The number of methoxy groups -OCH3 is 1. The molecule has 0 aliphatic carbocycles. The molecule has 4 nitrogen and oxygen atoms in total. The van der Waals surface area contributed by atoms with Gasteiger partial charge in [0.05, 0.1) is 0 Å². The number of nitrogens with one attached hydrogen (secondary N) is 2. The lowest BCUT2D eigenvalue weighted by Gasteiger charge is -2.34. The molecule has 1 aliphatic heterocycles. The van der Waals surface area contributed by atoms with Gasteiger partial charge < -0.3 is 15.4 Å². The van der Waals surface area contributed by atoms with Crippen LogP contribution in [0.15, 0.2) is 24.3 Å². The summed E-state index contributed by atoms with van der Waals surface area (Å²) >= 11 is 0. The Labute approximate surface area is 120 Å². The minimum absolute atomic E-state index is 0.0428. The van der Waals surface area contributed by atoms with Crippen molar-refractivity contribution in [1.29, 1.82) is 0 Å². The van der Waals surface area contributed by atoms with E-state index in [-0.39, 0.29) is 5.91 Å². The molecule has 0 radical (unpaired) electrons. The smallest absolute Gasteiger partial charge is 0.256 e. The molecule has 1 fully saturated rings. The Morgan fingerprint density at radius 1 is 1.25 bits per heavy atom. The lowest BCUT2D eigenvalue weighted by molar-refractivity contribution is -0.140. The third kappa shape index (κ3) is 3.19. The van der Waals surface area contributed by atoms with Gasteiger partial charge in [0.15, 0.2) is 0 Å². The summed E-state index contributed by atoms with van der Waals surface area (Å²) in [7, 11) is 1.62. The molecular formula is C16H24N2O2. The van der Waals surface area contributed by atoms with E-state index in [0.29, 0.717) is 18.8 Å². The number of piperidine rings is 1. The van der Waals surface area contributed by atoms with Crippen molar-refractivity contribution in [2.24, 2.45) is 0 Å². The summed E-state index contributed by atoms with van der Waals surface area (Å²) < 4.78 is 5.52. The van der Waals surface area contributed by atoms with E-state index in [2.05, 4.69) is 36.6 Å². The maximum Gasteiger partial charge on any atom is 0.256 e. The van der Waals surface area contributed by atoms with Crippen LogP contribution in [0.1, 0.15) is 38.2 Å². The zero-order valence-electron chi connectivity index (χ0n) is 12.5. The molecule has 20 heavy (non-hydrogen) atoms. The van der Waals surface area contributed by atoms with E-state index in [1.807, 2.05) is 12.1 Å². The van der Waals surface area contributed by atoms with Gasteiger partial charge in [0, 0.05) is 12.8 Å². The first kappa shape index (κ1) is 15.0. The van der Waals surface area contributed by atoms with Crippen molar-refractivity contribution in [3.8, 4) is 0 Å². The van der Waals surface area contributed by atoms with Crippen LogP contribution in [0.25, 0.3) is 0 Å². The molecule has 0 spiro atoms. The van der Waals surface area contributed by atoms with E-state index in [4.69, 9.17) is 4.74 Å². The lowest BCUT2D eigenvalue weighted by atomic mass is 9.91. The Kier molecular flexibility index (Phi) is 4.78. The fourth-order valence-electron chi connectivity index (χ4n) is 2.55. The van der Waals surface area contributed by atoms with Crippen LogP contribution in [0.2, 0.25) is 0 Å².